The Morgan fingerprint density at radius 1 is 0.492 bits per heavy atom. The topological polar surface area (TPSA) is 64.7 Å². The summed E-state index contributed by atoms with van der Waals surface area (Å²) in [6.07, 6.45) is 4.73. The Morgan fingerprint density at radius 3 is 1.66 bits per heavy atom. The van der Waals surface area contributed by atoms with E-state index in [1.807, 2.05) is 73.1 Å². The molecule has 10 rings (SSSR count). The van der Waals surface area contributed by atoms with Crippen LogP contribution in [0.2, 0.25) is 0 Å². The van der Waals surface area contributed by atoms with Crippen molar-refractivity contribution < 1.29 is 4.42 Å². The number of fused-ring (bicyclic) bond motifs is 6. The van der Waals surface area contributed by atoms with E-state index in [-0.39, 0.29) is 16.7 Å². The zero-order valence-corrected chi connectivity index (χ0v) is 34.4. The van der Waals surface area contributed by atoms with E-state index in [2.05, 4.69) is 125 Å². The maximum Gasteiger partial charge on any atom is 0.164 e. The minimum Gasteiger partial charge on any atom is -0.454 e. The molecule has 0 saturated carbocycles. The number of benzene rings is 6. The highest BCUT2D eigenvalue weighted by atomic mass is 16.3. The third-order valence-electron chi connectivity index (χ3n) is 11.9. The molecule has 59 heavy (non-hydrogen) atoms. The van der Waals surface area contributed by atoms with E-state index in [0.29, 0.717) is 17.5 Å². The van der Waals surface area contributed by atoms with Gasteiger partial charge in [0.2, 0.25) is 0 Å². The molecule has 0 spiro atoms. The van der Waals surface area contributed by atoms with Crippen molar-refractivity contribution in [2.75, 3.05) is 0 Å². The number of aromatic nitrogens is 4. The lowest BCUT2D eigenvalue weighted by Crippen LogP contribution is -2.17. The van der Waals surface area contributed by atoms with Gasteiger partial charge in [0.15, 0.2) is 23.1 Å². The summed E-state index contributed by atoms with van der Waals surface area (Å²) in [5, 5.41) is 2.16. The van der Waals surface area contributed by atoms with Crippen LogP contribution in [0.15, 0.2) is 156 Å². The number of hydrogen-bond acceptors (Lipinski definition) is 5. The smallest absolute Gasteiger partial charge is 0.164 e. The van der Waals surface area contributed by atoms with Gasteiger partial charge in [0, 0.05) is 45.1 Å². The van der Waals surface area contributed by atoms with Gasteiger partial charge in [-0.1, -0.05) is 169 Å². The molecule has 0 fully saturated rings. The monoisotopic (exact) mass is 766 g/mol. The predicted molar refractivity (Wildman–Crippen MR) is 241 cm³/mol. The minimum atomic E-state index is 0.0442. The maximum atomic E-state index is 6.49. The third-order valence-corrected chi connectivity index (χ3v) is 11.9. The van der Waals surface area contributed by atoms with Gasteiger partial charge >= 0.3 is 0 Å². The highest BCUT2D eigenvalue weighted by molar-refractivity contribution is 6.12. The first-order valence-electron chi connectivity index (χ1n) is 20.5. The van der Waals surface area contributed by atoms with Crippen molar-refractivity contribution in [2.24, 2.45) is 0 Å². The summed E-state index contributed by atoms with van der Waals surface area (Å²) in [6, 6.07) is 49.7. The fourth-order valence-electron chi connectivity index (χ4n) is 8.58. The zero-order valence-electron chi connectivity index (χ0n) is 34.4. The molecular weight excluding hydrogens is 721 g/mol. The van der Waals surface area contributed by atoms with E-state index >= 15 is 0 Å². The quantitative estimate of drug-likeness (QED) is 0.175. The molecule has 5 nitrogen and oxygen atoms in total. The molecule has 6 aromatic carbocycles. The van der Waals surface area contributed by atoms with Crippen LogP contribution >= 0.6 is 0 Å². The summed E-state index contributed by atoms with van der Waals surface area (Å²) < 4.78 is 6.49. The number of pyridine rings is 1. The van der Waals surface area contributed by atoms with E-state index < -0.39 is 0 Å². The van der Waals surface area contributed by atoms with Gasteiger partial charge in [-0.3, -0.25) is 4.98 Å². The summed E-state index contributed by atoms with van der Waals surface area (Å²) in [7, 11) is 0. The lowest BCUT2D eigenvalue weighted by molar-refractivity contribution is 0.588. The van der Waals surface area contributed by atoms with Crippen molar-refractivity contribution >= 4 is 21.9 Å². The van der Waals surface area contributed by atoms with Gasteiger partial charge in [-0.15, -0.1) is 0 Å². The fourth-order valence-corrected chi connectivity index (χ4v) is 8.58. The molecule has 0 amide bonds. The molecule has 3 aromatic heterocycles. The van der Waals surface area contributed by atoms with Gasteiger partial charge in [-0.25, -0.2) is 15.0 Å². The first kappa shape index (κ1) is 36.6. The Morgan fingerprint density at radius 2 is 1.05 bits per heavy atom. The van der Waals surface area contributed by atoms with E-state index in [9.17, 15) is 0 Å². The van der Waals surface area contributed by atoms with E-state index in [1.54, 1.807) is 0 Å². The van der Waals surface area contributed by atoms with Crippen molar-refractivity contribution in [1.82, 2.24) is 19.9 Å². The molecule has 0 bridgehead atoms. The Balaban J connectivity index is 1.06. The van der Waals surface area contributed by atoms with Crippen LogP contribution in [0.4, 0.5) is 0 Å². The van der Waals surface area contributed by atoms with Crippen LogP contribution in [0.25, 0.3) is 78.4 Å². The number of nitrogens with zero attached hydrogens (tertiary/aromatic N) is 4. The molecule has 288 valence electrons. The maximum absolute atomic E-state index is 6.49. The van der Waals surface area contributed by atoms with Crippen molar-refractivity contribution in [2.45, 2.75) is 64.7 Å². The Bertz CT molecular complexity index is 2970. The Hall–Kier alpha value is -6.72. The van der Waals surface area contributed by atoms with Crippen molar-refractivity contribution in [3.8, 4) is 56.4 Å². The highest BCUT2D eigenvalue weighted by Crippen LogP contribution is 2.47. The molecule has 1 aliphatic rings. The van der Waals surface area contributed by atoms with Crippen LogP contribution < -0.4 is 0 Å². The second-order valence-corrected chi connectivity index (χ2v) is 18.0. The van der Waals surface area contributed by atoms with E-state index in [4.69, 9.17) is 19.4 Å². The molecule has 1 unspecified atom stereocenters. The van der Waals surface area contributed by atoms with Crippen molar-refractivity contribution in [3.63, 3.8) is 0 Å². The average molecular weight is 767 g/mol. The van der Waals surface area contributed by atoms with Crippen LogP contribution in [0, 0.1) is 0 Å². The van der Waals surface area contributed by atoms with Gasteiger partial charge in [-0.2, -0.15) is 0 Å². The van der Waals surface area contributed by atoms with Gasteiger partial charge in [-0.05, 0) is 73.9 Å². The second-order valence-electron chi connectivity index (χ2n) is 18.0. The second kappa shape index (κ2) is 14.0. The van der Waals surface area contributed by atoms with Crippen molar-refractivity contribution in [1.29, 1.82) is 0 Å². The third kappa shape index (κ3) is 6.71. The van der Waals surface area contributed by atoms with E-state index in [0.717, 1.165) is 56.2 Å². The summed E-state index contributed by atoms with van der Waals surface area (Å²) in [6.45, 7) is 13.8. The lowest BCUT2D eigenvalue weighted by atomic mass is 9.72. The molecule has 9 aromatic rings. The van der Waals surface area contributed by atoms with Gasteiger partial charge in [0.05, 0.1) is 6.20 Å². The summed E-state index contributed by atoms with van der Waals surface area (Å²) in [5.41, 5.74) is 16.1. The van der Waals surface area contributed by atoms with Crippen LogP contribution in [0.1, 0.15) is 75.3 Å². The molecule has 3 heterocycles. The normalized spacial score (nSPS) is 14.0. The van der Waals surface area contributed by atoms with Crippen LogP contribution in [-0.4, -0.2) is 19.9 Å². The van der Waals surface area contributed by atoms with Gasteiger partial charge < -0.3 is 4.42 Å². The van der Waals surface area contributed by atoms with E-state index in [1.165, 1.54) is 38.9 Å². The number of hydrogen-bond donors (Lipinski definition) is 0. The van der Waals surface area contributed by atoms with Crippen LogP contribution in [-0.2, 0) is 17.3 Å². The van der Waals surface area contributed by atoms with Crippen molar-refractivity contribution in [3.05, 3.63) is 180 Å². The molecule has 0 saturated heterocycles. The number of furan rings is 1. The van der Waals surface area contributed by atoms with Crippen LogP contribution in [0.3, 0.4) is 0 Å². The molecule has 5 heteroatoms. The Labute approximate surface area is 345 Å². The average Bonchev–Trinajstić information content (AvgIpc) is 3.64. The zero-order chi connectivity index (χ0) is 40.5. The molecule has 0 aliphatic heterocycles. The van der Waals surface area contributed by atoms with Gasteiger partial charge in [0.25, 0.3) is 0 Å². The lowest BCUT2D eigenvalue weighted by Gasteiger charge is -2.32. The first-order chi connectivity index (χ1) is 28.5. The molecular formula is C54H46N4O. The van der Waals surface area contributed by atoms with Crippen LogP contribution in [0.5, 0.6) is 0 Å². The highest BCUT2D eigenvalue weighted by Gasteiger charge is 2.30. The minimum absolute atomic E-state index is 0.0442. The summed E-state index contributed by atoms with van der Waals surface area (Å²) in [5.74, 6) is 2.11. The van der Waals surface area contributed by atoms with Gasteiger partial charge in [0.1, 0.15) is 5.58 Å². The number of rotatable bonds is 5. The molecule has 1 atom stereocenters. The summed E-state index contributed by atoms with van der Waals surface area (Å²) >= 11 is 0. The predicted octanol–water partition coefficient (Wildman–Crippen LogP) is 13.8. The Kier molecular flexibility index (Phi) is 8.68. The SMILES string of the molecule is CC(C)(C)c1ccc2c(c1)-c1cc(C(C)(C)C)ccc1C(c1ccc3oc4cncc(-c5ccc(-c6nc(-c7ccccc7)nc(-c7ccccc7)n6)cc5)c4c3c1)C2. The summed E-state index contributed by atoms with van der Waals surface area (Å²) in [4.78, 5) is 19.4. The first-order valence-corrected chi connectivity index (χ1v) is 20.5. The fraction of sp³-hybridized carbons (Fsp3) is 0.185. The largest absolute Gasteiger partial charge is 0.454 e. The molecule has 0 N–H and O–H groups in total. The molecule has 1 aliphatic carbocycles. The molecule has 0 radical (unpaired) electrons. The standard InChI is InChI=1S/C54H46N4O/c1-53(2,3)39-23-21-37-27-42(41-25-24-40(54(4,5)6)30-44(41)43(37)29-39)38-22-26-47-45(28-38)49-46(31-55-32-48(49)59-47)33-17-19-36(20-18-33)52-57-50(34-13-9-7-10-14-34)56-51(58-52)35-15-11-8-12-16-35/h7-26,28-32,42H,27H2,1-6H3.